The molecule has 1 N–H and O–H groups in total. The summed E-state index contributed by atoms with van der Waals surface area (Å²) < 4.78 is 44.0. The number of alkyl halides is 3. The number of thioether (sulfide) groups is 1. The lowest BCUT2D eigenvalue weighted by atomic mass is 10.0. The minimum absolute atomic E-state index is 0.157. The molecule has 9 heteroatoms. The van der Waals surface area contributed by atoms with Crippen LogP contribution in [0.1, 0.15) is 10.7 Å². The Morgan fingerprint density at radius 3 is 2.64 bits per heavy atom. The molecule has 0 aliphatic heterocycles. The molecule has 3 aromatic rings. The van der Waals surface area contributed by atoms with E-state index in [-0.39, 0.29) is 5.01 Å². The monoisotopic (exact) mass is 424 g/mol. The Hall–Kier alpha value is -2.52. The number of rotatable bonds is 4. The highest BCUT2D eigenvalue weighted by Crippen LogP contribution is 2.39. The summed E-state index contributed by atoms with van der Waals surface area (Å²) in [7, 11) is 0. The van der Waals surface area contributed by atoms with Gasteiger partial charge in [-0.25, -0.2) is 9.78 Å². The maximum atomic E-state index is 13.0. The van der Waals surface area contributed by atoms with Gasteiger partial charge < -0.3 is 4.74 Å². The molecule has 0 saturated heterocycles. The van der Waals surface area contributed by atoms with Crippen LogP contribution in [-0.2, 0) is 6.18 Å². The number of aromatic nitrogens is 1. The molecule has 146 valence electrons. The molecule has 0 bridgehead atoms. The SMILES string of the molecule is CSc1cccc(-c2ccccc2NC(=O)Oc2sc(C)nc2C(F)(F)F)c1. The fourth-order valence-electron chi connectivity index (χ4n) is 2.51. The normalized spacial score (nSPS) is 11.3. The van der Waals surface area contributed by atoms with E-state index < -0.39 is 23.0 Å². The van der Waals surface area contributed by atoms with E-state index in [1.165, 1.54) is 6.92 Å². The third-order valence-electron chi connectivity index (χ3n) is 3.70. The molecule has 3 rings (SSSR count). The number of aryl methyl sites for hydroxylation is 1. The highest BCUT2D eigenvalue weighted by Gasteiger charge is 2.39. The van der Waals surface area contributed by atoms with Crippen LogP contribution in [0.2, 0.25) is 0 Å². The number of halogens is 3. The number of anilines is 1. The summed E-state index contributed by atoms with van der Waals surface area (Å²) in [6.07, 6.45) is -3.76. The van der Waals surface area contributed by atoms with Gasteiger partial charge in [-0.2, -0.15) is 13.2 Å². The molecular weight excluding hydrogens is 409 g/mol. The summed E-state index contributed by atoms with van der Waals surface area (Å²) in [6.45, 7) is 1.42. The molecule has 4 nitrogen and oxygen atoms in total. The maximum Gasteiger partial charge on any atom is 0.438 e. The maximum absolute atomic E-state index is 13.0. The molecule has 1 aromatic heterocycles. The molecule has 0 aliphatic rings. The van der Waals surface area contributed by atoms with Crippen molar-refractivity contribution < 1.29 is 22.7 Å². The summed E-state index contributed by atoms with van der Waals surface area (Å²) in [5.74, 6) is 0. The van der Waals surface area contributed by atoms with Crippen molar-refractivity contribution in [2.45, 2.75) is 18.0 Å². The van der Waals surface area contributed by atoms with Gasteiger partial charge in [0.15, 0.2) is 5.69 Å². The van der Waals surface area contributed by atoms with Crippen molar-refractivity contribution >= 4 is 34.9 Å². The number of nitrogens with zero attached hydrogens (tertiary/aromatic N) is 1. The zero-order valence-electron chi connectivity index (χ0n) is 14.8. The zero-order chi connectivity index (χ0) is 20.3. The van der Waals surface area contributed by atoms with E-state index in [2.05, 4.69) is 10.3 Å². The van der Waals surface area contributed by atoms with Crippen LogP contribution in [0, 0.1) is 6.92 Å². The van der Waals surface area contributed by atoms with E-state index >= 15 is 0 Å². The Morgan fingerprint density at radius 2 is 1.93 bits per heavy atom. The van der Waals surface area contributed by atoms with Gasteiger partial charge >= 0.3 is 12.3 Å². The number of amides is 1. The summed E-state index contributed by atoms with van der Waals surface area (Å²) >= 11 is 2.25. The number of para-hydroxylation sites is 1. The number of carbonyl (C=O) groups is 1. The summed E-state index contributed by atoms with van der Waals surface area (Å²) in [5, 5.41) is 2.10. The molecule has 0 fully saturated rings. The van der Waals surface area contributed by atoms with Crippen LogP contribution < -0.4 is 10.1 Å². The Bertz CT molecular complexity index is 1000. The smallest absolute Gasteiger partial charge is 0.397 e. The van der Waals surface area contributed by atoms with Crippen molar-refractivity contribution in [2.24, 2.45) is 0 Å². The highest BCUT2D eigenvalue weighted by atomic mass is 32.2. The number of thiazole rings is 1. The summed E-state index contributed by atoms with van der Waals surface area (Å²) in [5.41, 5.74) is 0.825. The Balaban J connectivity index is 1.84. The van der Waals surface area contributed by atoms with Crippen molar-refractivity contribution in [1.82, 2.24) is 4.98 Å². The lowest BCUT2D eigenvalue weighted by Crippen LogP contribution is -2.19. The molecule has 0 unspecified atom stereocenters. The van der Waals surface area contributed by atoms with Crippen molar-refractivity contribution in [1.29, 1.82) is 0 Å². The van der Waals surface area contributed by atoms with Gasteiger partial charge in [-0.1, -0.05) is 41.7 Å². The number of hydrogen-bond donors (Lipinski definition) is 1. The van der Waals surface area contributed by atoms with E-state index in [0.717, 1.165) is 16.0 Å². The molecule has 28 heavy (non-hydrogen) atoms. The predicted molar refractivity (Wildman–Crippen MR) is 105 cm³/mol. The van der Waals surface area contributed by atoms with Crippen LogP contribution in [0.4, 0.5) is 23.7 Å². The highest BCUT2D eigenvalue weighted by molar-refractivity contribution is 7.98. The topological polar surface area (TPSA) is 51.2 Å². The first kappa shape index (κ1) is 20.2. The number of ether oxygens (including phenoxy) is 1. The van der Waals surface area contributed by atoms with Crippen LogP contribution in [-0.4, -0.2) is 17.3 Å². The minimum Gasteiger partial charge on any atom is -0.397 e. The molecular formula is C19H15F3N2O2S2. The van der Waals surface area contributed by atoms with Gasteiger partial charge in [0.05, 0.1) is 10.7 Å². The number of hydrogen-bond acceptors (Lipinski definition) is 5. The minimum atomic E-state index is -4.70. The van der Waals surface area contributed by atoms with E-state index in [0.29, 0.717) is 17.0 Å². The first-order valence-corrected chi connectivity index (χ1v) is 10.1. The predicted octanol–water partition coefficient (Wildman–Crippen LogP) is 6.47. The van der Waals surface area contributed by atoms with Crippen molar-refractivity contribution in [2.75, 3.05) is 11.6 Å². The first-order valence-electron chi connectivity index (χ1n) is 8.05. The fraction of sp³-hybridized carbons (Fsp3) is 0.158. The molecule has 0 spiro atoms. The lowest BCUT2D eigenvalue weighted by Gasteiger charge is -2.12. The van der Waals surface area contributed by atoms with Gasteiger partial charge in [0, 0.05) is 10.5 Å². The second kappa shape index (κ2) is 8.24. The van der Waals surface area contributed by atoms with Gasteiger partial charge in [-0.05, 0) is 36.9 Å². The third kappa shape index (κ3) is 4.66. The second-order valence-corrected chi connectivity index (χ2v) is 7.70. The van der Waals surface area contributed by atoms with E-state index in [9.17, 15) is 18.0 Å². The molecule has 0 atom stereocenters. The van der Waals surface area contributed by atoms with Crippen LogP contribution >= 0.6 is 23.1 Å². The quantitative estimate of drug-likeness (QED) is 0.488. The van der Waals surface area contributed by atoms with Gasteiger partial charge in [-0.3, -0.25) is 5.32 Å². The van der Waals surface area contributed by atoms with Gasteiger partial charge in [-0.15, -0.1) is 11.8 Å². The molecule has 0 saturated carbocycles. The standard InChI is InChI=1S/C19H15F3N2O2S2/c1-11-23-16(19(20,21)22)17(28-11)26-18(25)24-15-9-4-3-8-14(15)12-6-5-7-13(10-12)27-2/h3-10H,1-2H3,(H,24,25). The zero-order valence-corrected chi connectivity index (χ0v) is 16.5. The van der Waals surface area contributed by atoms with E-state index in [4.69, 9.17) is 4.74 Å². The largest absolute Gasteiger partial charge is 0.438 e. The average molecular weight is 424 g/mol. The summed E-state index contributed by atoms with van der Waals surface area (Å²) in [4.78, 5) is 16.7. The van der Waals surface area contributed by atoms with E-state index in [1.807, 2.05) is 42.7 Å². The Morgan fingerprint density at radius 1 is 1.18 bits per heavy atom. The summed E-state index contributed by atoms with van der Waals surface area (Å²) in [6, 6.07) is 14.7. The van der Waals surface area contributed by atoms with Crippen molar-refractivity contribution in [3.05, 3.63) is 59.2 Å². The number of benzene rings is 2. The Kier molecular flexibility index (Phi) is 5.95. The average Bonchev–Trinajstić information content (AvgIpc) is 3.02. The van der Waals surface area contributed by atoms with Gasteiger partial charge in [0.25, 0.3) is 0 Å². The molecule has 1 heterocycles. The first-order chi connectivity index (χ1) is 13.3. The van der Waals surface area contributed by atoms with E-state index in [1.54, 1.807) is 23.9 Å². The van der Waals surface area contributed by atoms with Crippen LogP contribution in [0.3, 0.4) is 0 Å². The van der Waals surface area contributed by atoms with Crippen LogP contribution in [0.25, 0.3) is 11.1 Å². The molecule has 0 aliphatic carbocycles. The van der Waals surface area contributed by atoms with Crippen molar-refractivity contribution in [3.63, 3.8) is 0 Å². The second-order valence-electron chi connectivity index (χ2n) is 5.66. The molecule has 2 aromatic carbocycles. The van der Waals surface area contributed by atoms with Crippen molar-refractivity contribution in [3.8, 4) is 16.2 Å². The van der Waals surface area contributed by atoms with Gasteiger partial charge in [0.1, 0.15) is 0 Å². The fourth-order valence-corrected chi connectivity index (χ4v) is 3.75. The van der Waals surface area contributed by atoms with Crippen LogP contribution in [0.5, 0.6) is 5.06 Å². The third-order valence-corrected chi connectivity index (χ3v) is 5.28. The van der Waals surface area contributed by atoms with Crippen LogP contribution in [0.15, 0.2) is 53.4 Å². The van der Waals surface area contributed by atoms with Gasteiger partial charge in [0.2, 0.25) is 5.06 Å². The lowest BCUT2D eigenvalue weighted by molar-refractivity contribution is -0.141. The molecule has 0 radical (unpaired) electrons. The molecule has 1 amide bonds. The number of carbonyl (C=O) groups excluding carboxylic acids is 1. The number of nitrogens with one attached hydrogen (secondary N) is 1. The Labute approximate surface area is 167 Å².